The van der Waals surface area contributed by atoms with Crippen LogP contribution in [0.25, 0.3) is 11.1 Å². The third kappa shape index (κ3) is 2.47. The molecule has 0 radical (unpaired) electrons. The molecule has 2 aromatic heterocycles. The fourth-order valence-electron chi connectivity index (χ4n) is 2.31. The average Bonchev–Trinajstić information content (AvgIpc) is 3.24. The molecule has 2 aromatic rings. The fraction of sp³-hybridized carbons (Fsp3) is 0.267. The molecule has 0 aromatic carbocycles. The van der Waals surface area contributed by atoms with Crippen LogP contribution in [-0.4, -0.2) is 15.9 Å². The lowest BCUT2D eigenvalue weighted by molar-refractivity contribution is 0.0994. The molecular weight excluding hydrogens is 238 g/mol. The quantitative estimate of drug-likeness (QED) is 0.908. The zero-order valence-electron chi connectivity index (χ0n) is 10.5. The van der Waals surface area contributed by atoms with Crippen molar-refractivity contribution in [3.8, 4) is 11.1 Å². The monoisotopic (exact) mass is 253 g/mol. The lowest BCUT2D eigenvalue weighted by atomic mass is 9.96. The number of aromatic nitrogens is 2. The molecule has 96 valence electrons. The third-order valence-electron chi connectivity index (χ3n) is 3.45. The van der Waals surface area contributed by atoms with Gasteiger partial charge in [0.1, 0.15) is 5.69 Å². The standard InChI is InChI=1S/C15H15N3O/c16-15(19)14-13(8-10-3-4-10)12(5-7-18-14)11-2-1-6-17-9-11/h1-2,5-7,9-10H,3-4,8H2,(H2,16,19). The van der Waals surface area contributed by atoms with Gasteiger partial charge in [0.25, 0.3) is 5.91 Å². The molecule has 0 unspecified atom stereocenters. The Morgan fingerprint density at radius 2 is 2.16 bits per heavy atom. The molecule has 0 bridgehead atoms. The van der Waals surface area contributed by atoms with Crippen molar-refractivity contribution in [3.05, 3.63) is 48.0 Å². The molecule has 1 fully saturated rings. The van der Waals surface area contributed by atoms with Gasteiger partial charge in [-0.15, -0.1) is 0 Å². The molecule has 0 spiro atoms. The Balaban J connectivity index is 2.12. The van der Waals surface area contributed by atoms with E-state index in [-0.39, 0.29) is 0 Å². The minimum absolute atomic E-state index is 0.397. The van der Waals surface area contributed by atoms with Gasteiger partial charge in [-0.1, -0.05) is 6.07 Å². The summed E-state index contributed by atoms with van der Waals surface area (Å²) in [7, 11) is 0. The average molecular weight is 253 g/mol. The van der Waals surface area contributed by atoms with Gasteiger partial charge in [-0.25, -0.2) is 0 Å². The van der Waals surface area contributed by atoms with Crippen LogP contribution < -0.4 is 5.73 Å². The van der Waals surface area contributed by atoms with Crippen molar-refractivity contribution >= 4 is 5.91 Å². The summed E-state index contributed by atoms with van der Waals surface area (Å²) in [6.45, 7) is 0. The van der Waals surface area contributed by atoms with Crippen molar-refractivity contribution < 1.29 is 4.79 Å². The number of nitrogens with two attached hydrogens (primary N) is 1. The van der Waals surface area contributed by atoms with Crippen molar-refractivity contribution in [3.63, 3.8) is 0 Å². The first kappa shape index (κ1) is 11.8. The Hall–Kier alpha value is -2.23. The first-order valence-electron chi connectivity index (χ1n) is 6.44. The van der Waals surface area contributed by atoms with Gasteiger partial charge in [-0.2, -0.15) is 0 Å². The molecule has 1 saturated carbocycles. The summed E-state index contributed by atoms with van der Waals surface area (Å²) in [6, 6.07) is 5.81. The first-order chi connectivity index (χ1) is 9.25. The van der Waals surface area contributed by atoms with Crippen LogP contribution in [0, 0.1) is 5.92 Å². The van der Waals surface area contributed by atoms with E-state index >= 15 is 0 Å². The Kier molecular flexibility index (Phi) is 2.99. The second-order valence-electron chi connectivity index (χ2n) is 4.94. The zero-order valence-corrected chi connectivity index (χ0v) is 10.5. The van der Waals surface area contributed by atoms with E-state index in [1.54, 1.807) is 18.6 Å². The molecule has 1 aliphatic rings. The van der Waals surface area contributed by atoms with Crippen molar-refractivity contribution in [2.75, 3.05) is 0 Å². The third-order valence-corrected chi connectivity index (χ3v) is 3.45. The predicted octanol–water partition coefficient (Wildman–Crippen LogP) is 2.19. The number of hydrogen-bond donors (Lipinski definition) is 1. The van der Waals surface area contributed by atoms with E-state index in [1.165, 1.54) is 12.8 Å². The fourth-order valence-corrected chi connectivity index (χ4v) is 2.31. The second kappa shape index (κ2) is 4.80. The summed E-state index contributed by atoms with van der Waals surface area (Å²) in [6.07, 6.45) is 8.49. The lowest BCUT2D eigenvalue weighted by Crippen LogP contribution is -2.17. The van der Waals surface area contributed by atoms with Crippen LogP contribution in [0.3, 0.4) is 0 Å². The van der Waals surface area contributed by atoms with Crippen molar-refractivity contribution in [2.45, 2.75) is 19.3 Å². The number of carbonyl (C=O) groups is 1. The SMILES string of the molecule is NC(=O)c1nccc(-c2cccnc2)c1CC1CC1. The summed E-state index contributed by atoms with van der Waals surface area (Å²) in [5.74, 6) is 0.208. The Morgan fingerprint density at radius 3 is 2.79 bits per heavy atom. The maximum Gasteiger partial charge on any atom is 0.267 e. The van der Waals surface area contributed by atoms with E-state index < -0.39 is 5.91 Å². The van der Waals surface area contributed by atoms with Gasteiger partial charge in [0.05, 0.1) is 0 Å². The van der Waals surface area contributed by atoms with Crippen LogP contribution in [0.4, 0.5) is 0 Å². The maximum absolute atomic E-state index is 11.6. The van der Waals surface area contributed by atoms with E-state index in [4.69, 9.17) is 5.73 Å². The minimum atomic E-state index is -0.457. The van der Waals surface area contributed by atoms with Gasteiger partial charge in [0.15, 0.2) is 0 Å². The van der Waals surface area contributed by atoms with E-state index in [2.05, 4.69) is 9.97 Å². The van der Waals surface area contributed by atoms with Crippen LogP contribution >= 0.6 is 0 Å². The molecule has 4 nitrogen and oxygen atoms in total. The van der Waals surface area contributed by atoms with E-state index in [9.17, 15) is 4.79 Å². The number of hydrogen-bond acceptors (Lipinski definition) is 3. The number of primary amides is 1. The smallest absolute Gasteiger partial charge is 0.267 e. The number of amides is 1. The van der Waals surface area contributed by atoms with Crippen molar-refractivity contribution in [2.24, 2.45) is 11.7 Å². The van der Waals surface area contributed by atoms with E-state index in [0.717, 1.165) is 23.1 Å². The van der Waals surface area contributed by atoms with Gasteiger partial charge < -0.3 is 5.73 Å². The van der Waals surface area contributed by atoms with E-state index in [1.807, 2.05) is 18.2 Å². The molecule has 1 amide bonds. The first-order valence-corrected chi connectivity index (χ1v) is 6.44. The largest absolute Gasteiger partial charge is 0.364 e. The molecule has 0 aliphatic heterocycles. The number of carbonyl (C=O) groups excluding carboxylic acids is 1. The van der Waals surface area contributed by atoms with E-state index in [0.29, 0.717) is 11.6 Å². The summed E-state index contributed by atoms with van der Waals surface area (Å²) in [5.41, 5.74) is 8.82. The predicted molar refractivity (Wildman–Crippen MR) is 72.4 cm³/mol. The van der Waals surface area contributed by atoms with Crippen LogP contribution in [-0.2, 0) is 6.42 Å². The summed E-state index contributed by atoms with van der Waals surface area (Å²) >= 11 is 0. The normalized spacial score (nSPS) is 14.3. The number of pyridine rings is 2. The molecule has 0 atom stereocenters. The molecule has 1 aliphatic carbocycles. The molecule has 19 heavy (non-hydrogen) atoms. The highest BCUT2D eigenvalue weighted by atomic mass is 16.1. The minimum Gasteiger partial charge on any atom is -0.364 e. The van der Waals surface area contributed by atoms with Crippen molar-refractivity contribution in [1.82, 2.24) is 9.97 Å². The molecular formula is C15H15N3O. The highest BCUT2D eigenvalue weighted by molar-refractivity contribution is 5.94. The van der Waals surface area contributed by atoms with Gasteiger partial charge in [-0.3, -0.25) is 14.8 Å². The van der Waals surface area contributed by atoms with Crippen LogP contribution in [0.15, 0.2) is 36.8 Å². The summed E-state index contributed by atoms with van der Waals surface area (Å²) in [4.78, 5) is 19.8. The van der Waals surface area contributed by atoms with Gasteiger partial charge >= 0.3 is 0 Å². The van der Waals surface area contributed by atoms with Crippen LogP contribution in [0.2, 0.25) is 0 Å². The highest BCUT2D eigenvalue weighted by Crippen LogP contribution is 2.36. The highest BCUT2D eigenvalue weighted by Gasteiger charge is 2.26. The van der Waals surface area contributed by atoms with Gasteiger partial charge in [0.2, 0.25) is 0 Å². The molecule has 2 heterocycles. The molecule has 2 N–H and O–H groups in total. The molecule has 4 heteroatoms. The Bertz CT molecular complexity index is 606. The van der Waals surface area contributed by atoms with Crippen LogP contribution in [0.1, 0.15) is 28.9 Å². The zero-order chi connectivity index (χ0) is 13.2. The maximum atomic E-state index is 11.6. The number of nitrogens with zero attached hydrogens (tertiary/aromatic N) is 2. The topological polar surface area (TPSA) is 68.9 Å². The summed E-state index contributed by atoms with van der Waals surface area (Å²) in [5, 5.41) is 0. The van der Waals surface area contributed by atoms with Crippen LogP contribution in [0.5, 0.6) is 0 Å². The number of rotatable bonds is 4. The Morgan fingerprint density at radius 1 is 1.32 bits per heavy atom. The molecule has 3 rings (SSSR count). The van der Waals surface area contributed by atoms with Gasteiger partial charge in [0, 0.05) is 24.2 Å². The van der Waals surface area contributed by atoms with Gasteiger partial charge in [-0.05, 0) is 48.4 Å². The summed E-state index contributed by atoms with van der Waals surface area (Å²) < 4.78 is 0. The molecule has 0 saturated heterocycles. The van der Waals surface area contributed by atoms with Crippen molar-refractivity contribution in [1.29, 1.82) is 0 Å². The Labute approximate surface area is 111 Å². The second-order valence-corrected chi connectivity index (χ2v) is 4.94. The lowest BCUT2D eigenvalue weighted by Gasteiger charge is -2.11.